The Hall–Kier alpha value is -2.48. The number of carbonyl (C=O) groups is 1. The van der Waals surface area contributed by atoms with Crippen molar-refractivity contribution in [1.82, 2.24) is 9.62 Å². The van der Waals surface area contributed by atoms with Gasteiger partial charge in [-0.05, 0) is 54.2 Å². The fraction of sp³-hybridized carbons (Fsp3) is 0.296. The molecule has 0 saturated carbocycles. The van der Waals surface area contributed by atoms with E-state index in [4.69, 9.17) is 0 Å². The molecule has 7 heteroatoms. The number of nitrogens with one attached hydrogen (secondary N) is 1. The summed E-state index contributed by atoms with van der Waals surface area (Å²) < 4.78 is 28.3. The van der Waals surface area contributed by atoms with Crippen LogP contribution in [0.1, 0.15) is 41.1 Å². The molecule has 1 atom stereocenters. The summed E-state index contributed by atoms with van der Waals surface area (Å²) in [5.74, 6) is -0.267. The van der Waals surface area contributed by atoms with Crippen LogP contribution in [0.4, 0.5) is 0 Å². The molecule has 3 aromatic carbocycles. The van der Waals surface area contributed by atoms with Crippen LogP contribution in [0.15, 0.2) is 83.3 Å². The highest BCUT2D eigenvalue weighted by molar-refractivity contribution is 9.10. The van der Waals surface area contributed by atoms with E-state index in [0.717, 1.165) is 26.7 Å². The van der Waals surface area contributed by atoms with Crippen LogP contribution in [0, 0.1) is 12.8 Å². The van der Waals surface area contributed by atoms with Crippen LogP contribution in [0.25, 0.3) is 0 Å². The molecule has 0 aliphatic carbocycles. The van der Waals surface area contributed by atoms with Gasteiger partial charge in [-0.15, -0.1) is 0 Å². The number of halogens is 1. The molecule has 1 saturated heterocycles. The maximum Gasteiger partial charge on any atom is 0.223 e. The molecule has 1 aliphatic rings. The van der Waals surface area contributed by atoms with Crippen LogP contribution in [0.5, 0.6) is 0 Å². The van der Waals surface area contributed by atoms with Crippen LogP contribution in [0.2, 0.25) is 0 Å². The molecule has 5 nitrogen and oxygen atoms in total. The van der Waals surface area contributed by atoms with Gasteiger partial charge in [-0.2, -0.15) is 0 Å². The standard InChI is InChI=1S/C27H29BrN2O3S/c1-20-7-5-6-10-25(20)26(22-8-3-2-4-9-22)29-27(31)23-15-17-30(18-16-23)34(32,33)19-21-11-13-24(28)14-12-21/h2-14,23,26H,15-19H2,1H3,(H,29,31)/t26-/m1/s1. The number of aryl methyl sites for hydroxylation is 1. The second-order valence-corrected chi connectivity index (χ2v) is 11.6. The van der Waals surface area contributed by atoms with Crippen molar-refractivity contribution in [3.05, 3.63) is 106 Å². The molecule has 0 radical (unpaired) electrons. The largest absolute Gasteiger partial charge is 0.345 e. The van der Waals surface area contributed by atoms with Crippen LogP contribution < -0.4 is 5.32 Å². The topological polar surface area (TPSA) is 66.5 Å². The Kier molecular flexibility index (Phi) is 7.86. The van der Waals surface area contributed by atoms with Crippen molar-refractivity contribution >= 4 is 31.9 Å². The summed E-state index contributed by atoms with van der Waals surface area (Å²) >= 11 is 3.37. The van der Waals surface area contributed by atoms with Crippen LogP contribution >= 0.6 is 15.9 Å². The number of carbonyl (C=O) groups excluding carboxylic acids is 1. The van der Waals surface area contributed by atoms with E-state index in [1.165, 1.54) is 4.31 Å². The number of amides is 1. The van der Waals surface area contributed by atoms with Crippen molar-refractivity contribution in [1.29, 1.82) is 0 Å². The molecule has 1 fully saturated rings. The lowest BCUT2D eigenvalue weighted by Crippen LogP contribution is -2.44. The zero-order valence-corrected chi connectivity index (χ0v) is 21.6. The van der Waals surface area contributed by atoms with E-state index in [2.05, 4.69) is 21.2 Å². The van der Waals surface area contributed by atoms with Gasteiger partial charge in [0.25, 0.3) is 0 Å². The van der Waals surface area contributed by atoms with E-state index in [0.29, 0.717) is 25.9 Å². The first-order chi connectivity index (χ1) is 16.3. The Bertz CT molecular complexity index is 1220. The first kappa shape index (κ1) is 24.6. The normalized spacial score (nSPS) is 16.2. The van der Waals surface area contributed by atoms with Gasteiger partial charge in [0.15, 0.2) is 0 Å². The zero-order chi connectivity index (χ0) is 24.1. The van der Waals surface area contributed by atoms with Gasteiger partial charge in [0.2, 0.25) is 15.9 Å². The molecule has 1 heterocycles. The molecule has 0 spiro atoms. The van der Waals surface area contributed by atoms with Crippen molar-refractivity contribution in [2.45, 2.75) is 31.6 Å². The minimum atomic E-state index is -3.43. The summed E-state index contributed by atoms with van der Waals surface area (Å²) in [6, 6.07) is 25.1. The number of hydrogen-bond acceptors (Lipinski definition) is 3. The molecule has 178 valence electrons. The third-order valence-electron chi connectivity index (χ3n) is 6.40. The van der Waals surface area contributed by atoms with Crippen molar-refractivity contribution in [3.63, 3.8) is 0 Å². The van der Waals surface area contributed by atoms with E-state index < -0.39 is 10.0 Å². The second kappa shape index (κ2) is 10.8. The number of nitrogens with zero attached hydrogens (tertiary/aromatic N) is 1. The summed E-state index contributed by atoms with van der Waals surface area (Å²) in [7, 11) is -3.43. The maximum absolute atomic E-state index is 13.3. The van der Waals surface area contributed by atoms with Crippen LogP contribution in [-0.2, 0) is 20.6 Å². The summed E-state index contributed by atoms with van der Waals surface area (Å²) in [5, 5.41) is 3.25. The third kappa shape index (κ3) is 5.95. The van der Waals surface area contributed by atoms with Crippen molar-refractivity contribution < 1.29 is 13.2 Å². The molecular formula is C27H29BrN2O3S. The van der Waals surface area contributed by atoms with Crippen LogP contribution in [-0.4, -0.2) is 31.7 Å². The highest BCUT2D eigenvalue weighted by Gasteiger charge is 2.32. The number of sulfonamides is 1. The molecule has 0 unspecified atom stereocenters. The average molecular weight is 542 g/mol. The lowest BCUT2D eigenvalue weighted by molar-refractivity contribution is -0.126. The van der Waals surface area contributed by atoms with Gasteiger partial charge in [-0.1, -0.05) is 82.7 Å². The van der Waals surface area contributed by atoms with Gasteiger partial charge in [-0.3, -0.25) is 4.79 Å². The Morgan fingerprint density at radius 2 is 1.59 bits per heavy atom. The molecule has 0 aromatic heterocycles. The smallest absolute Gasteiger partial charge is 0.223 e. The van der Waals surface area contributed by atoms with E-state index in [9.17, 15) is 13.2 Å². The van der Waals surface area contributed by atoms with Gasteiger partial charge < -0.3 is 5.32 Å². The highest BCUT2D eigenvalue weighted by Crippen LogP contribution is 2.27. The van der Waals surface area contributed by atoms with Crippen LogP contribution in [0.3, 0.4) is 0 Å². The predicted molar refractivity (Wildman–Crippen MR) is 139 cm³/mol. The zero-order valence-electron chi connectivity index (χ0n) is 19.2. The first-order valence-corrected chi connectivity index (χ1v) is 13.9. The van der Waals surface area contributed by atoms with E-state index >= 15 is 0 Å². The fourth-order valence-electron chi connectivity index (χ4n) is 4.44. The Morgan fingerprint density at radius 3 is 2.24 bits per heavy atom. The molecule has 1 amide bonds. The lowest BCUT2D eigenvalue weighted by Gasteiger charge is -2.32. The molecule has 1 aliphatic heterocycles. The van der Waals surface area contributed by atoms with Gasteiger partial charge in [0, 0.05) is 23.5 Å². The Morgan fingerprint density at radius 1 is 0.971 bits per heavy atom. The third-order valence-corrected chi connectivity index (χ3v) is 8.78. The highest BCUT2D eigenvalue weighted by atomic mass is 79.9. The fourth-order valence-corrected chi connectivity index (χ4v) is 6.26. The molecule has 4 rings (SSSR count). The number of rotatable bonds is 7. The van der Waals surface area contributed by atoms with E-state index in [1.54, 1.807) is 0 Å². The van der Waals surface area contributed by atoms with Crippen molar-refractivity contribution in [2.24, 2.45) is 5.92 Å². The lowest BCUT2D eigenvalue weighted by atomic mass is 9.92. The summed E-state index contributed by atoms with van der Waals surface area (Å²) in [5.41, 5.74) is 3.97. The Balaban J connectivity index is 1.42. The summed E-state index contributed by atoms with van der Waals surface area (Å²) in [6.45, 7) is 2.76. The van der Waals surface area contributed by atoms with E-state index in [-0.39, 0.29) is 23.6 Å². The molecular weight excluding hydrogens is 512 g/mol. The van der Waals surface area contributed by atoms with Gasteiger partial charge in [-0.25, -0.2) is 12.7 Å². The summed E-state index contributed by atoms with van der Waals surface area (Å²) in [6.07, 6.45) is 1.03. The SMILES string of the molecule is Cc1ccccc1[C@H](NC(=O)C1CCN(S(=O)(=O)Cc2ccc(Br)cc2)CC1)c1ccccc1. The van der Waals surface area contributed by atoms with Crippen molar-refractivity contribution in [2.75, 3.05) is 13.1 Å². The van der Waals surface area contributed by atoms with Gasteiger partial charge in [0.05, 0.1) is 11.8 Å². The summed E-state index contributed by atoms with van der Waals surface area (Å²) in [4.78, 5) is 13.3. The monoisotopic (exact) mass is 540 g/mol. The maximum atomic E-state index is 13.3. The van der Waals surface area contributed by atoms with Gasteiger partial charge >= 0.3 is 0 Å². The van der Waals surface area contributed by atoms with Crippen molar-refractivity contribution in [3.8, 4) is 0 Å². The number of hydrogen-bond donors (Lipinski definition) is 1. The van der Waals surface area contributed by atoms with Gasteiger partial charge in [0.1, 0.15) is 0 Å². The average Bonchev–Trinajstić information content (AvgIpc) is 2.85. The predicted octanol–water partition coefficient (Wildman–Crippen LogP) is 5.21. The first-order valence-electron chi connectivity index (χ1n) is 11.5. The molecule has 1 N–H and O–H groups in total. The molecule has 0 bridgehead atoms. The quantitative estimate of drug-likeness (QED) is 0.447. The van der Waals surface area contributed by atoms with E-state index in [1.807, 2.05) is 85.8 Å². The number of benzene rings is 3. The minimum absolute atomic E-state index is 0.0259. The second-order valence-electron chi connectivity index (χ2n) is 8.76. The Labute approximate surface area is 210 Å². The molecule has 3 aromatic rings. The molecule has 34 heavy (non-hydrogen) atoms. The minimum Gasteiger partial charge on any atom is -0.345 e. The number of piperidine rings is 1.